The summed E-state index contributed by atoms with van der Waals surface area (Å²) in [6, 6.07) is 6.10. The molecule has 8 heteroatoms. The maximum absolute atomic E-state index is 13.0. The van der Waals surface area contributed by atoms with Crippen molar-refractivity contribution in [1.82, 2.24) is 9.97 Å². The van der Waals surface area contributed by atoms with Crippen LogP contribution in [0.4, 0.5) is 11.8 Å². The van der Waals surface area contributed by atoms with E-state index in [2.05, 4.69) is 33.2 Å². The number of H-pyrrole nitrogens is 1. The number of hydrogen-bond donors (Lipinski definition) is 2. The Kier molecular flexibility index (Phi) is 4.70. The van der Waals surface area contributed by atoms with Crippen LogP contribution in [0, 0.1) is 17.2 Å². The van der Waals surface area contributed by atoms with E-state index in [9.17, 15) is 14.9 Å². The number of hydrogen-bond acceptors (Lipinski definition) is 6. The van der Waals surface area contributed by atoms with E-state index in [1.54, 1.807) is 0 Å². The van der Waals surface area contributed by atoms with Crippen molar-refractivity contribution in [3.63, 3.8) is 0 Å². The van der Waals surface area contributed by atoms with E-state index in [0.717, 1.165) is 30.7 Å². The van der Waals surface area contributed by atoms with Crippen LogP contribution in [0.3, 0.4) is 0 Å². The number of nitrogens with zero attached hydrogens (tertiary/aromatic N) is 3. The van der Waals surface area contributed by atoms with Crippen molar-refractivity contribution in [3.8, 4) is 6.07 Å². The standard InChI is InChI=1S/C19H21N5O2S/c1-2-11-6-3-4-8-24(11)19-22-16-15(18(26)23-19)14(13-7-5-9-27-13)12(10-20)17(25)21-16/h5,7,9,11-12,14H,2-4,6,8H2,1H3,(H2,21,22,23,25,26). The third kappa shape index (κ3) is 3.02. The van der Waals surface area contributed by atoms with Gasteiger partial charge in [0.25, 0.3) is 5.56 Å². The number of aromatic amines is 1. The van der Waals surface area contributed by atoms with Gasteiger partial charge in [-0.1, -0.05) is 13.0 Å². The van der Waals surface area contributed by atoms with E-state index in [1.165, 1.54) is 17.8 Å². The molecule has 2 aliphatic heterocycles. The predicted molar refractivity (Wildman–Crippen MR) is 104 cm³/mol. The third-order valence-electron chi connectivity index (χ3n) is 5.47. The Labute approximate surface area is 161 Å². The highest BCUT2D eigenvalue weighted by Crippen LogP contribution is 2.40. The van der Waals surface area contributed by atoms with E-state index in [-0.39, 0.29) is 11.4 Å². The Balaban J connectivity index is 1.83. The van der Waals surface area contributed by atoms with Gasteiger partial charge in [0.05, 0.1) is 17.6 Å². The number of thiophene rings is 1. The van der Waals surface area contributed by atoms with Crippen LogP contribution in [0.1, 0.15) is 49.0 Å². The van der Waals surface area contributed by atoms with Crippen LogP contribution in [-0.2, 0) is 4.79 Å². The Morgan fingerprint density at radius 3 is 2.96 bits per heavy atom. The van der Waals surface area contributed by atoms with Crippen LogP contribution in [0.2, 0.25) is 0 Å². The minimum absolute atomic E-state index is 0.282. The predicted octanol–water partition coefficient (Wildman–Crippen LogP) is 2.82. The summed E-state index contributed by atoms with van der Waals surface area (Å²) in [6.45, 7) is 2.97. The molecule has 0 spiro atoms. The highest BCUT2D eigenvalue weighted by Gasteiger charge is 2.41. The molecule has 2 aliphatic rings. The van der Waals surface area contributed by atoms with Gasteiger partial charge in [0, 0.05) is 17.5 Å². The normalized spacial score (nSPS) is 24.8. The van der Waals surface area contributed by atoms with Gasteiger partial charge in [-0.3, -0.25) is 14.6 Å². The Morgan fingerprint density at radius 2 is 2.26 bits per heavy atom. The average Bonchev–Trinajstić information content (AvgIpc) is 3.21. The lowest BCUT2D eigenvalue weighted by molar-refractivity contribution is -0.119. The van der Waals surface area contributed by atoms with Gasteiger partial charge in [-0.15, -0.1) is 11.3 Å². The molecule has 0 saturated carbocycles. The minimum Gasteiger partial charge on any atom is -0.339 e. The van der Waals surface area contributed by atoms with E-state index < -0.39 is 17.7 Å². The molecule has 4 rings (SSSR count). The van der Waals surface area contributed by atoms with Crippen molar-refractivity contribution in [3.05, 3.63) is 38.3 Å². The number of anilines is 2. The second-order valence-electron chi connectivity index (χ2n) is 6.99. The number of aromatic nitrogens is 2. The van der Waals surface area contributed by atoms with Crippen LogP contribution >= 0.6 is 11.3 Å². The first-order chi connectivity index (χ1) is 13.1. The molecule has 3 atom stereocenters. The summed E-state index contributed by atoms with van der Waals surface area (Å²) in [7, 11) is 0. The fourth-order valence-electron chi connectivity index (χ4n) is 4.11. The maximum atomic E-state index is 13.0. The Bertz CT molecular complexity index is 946. The summed E-state index contributed by atoms with van der Waals surface area (Å²) in [6.07, 6.45) is 4.27. The molecule has 2 N–H and O–H groups in total. The lowest BCUT2D eigenvalue weighted by atomic mass is 9.83. The lowest BCUT2D eigenvalue weighted by Gasteiger charge is -2.36. The molecule has 1 saturated heterocycles. The smallest absolute Gasteiger partial charge is 0.258 e. The van der Waals surface area contributed by atoms with E-state index in [0.29, 0.717) is 17.6 Å². The Morgan fingerprint density at radius 1 is 1.41 bits per heavy atom. The number of nitrogens with one attached hydrogen (secondary N) is 2. The monoisotopic (exact) mass is 383 g/mol. The molecule has 3 unspecified atom stereocenters. The van der Waals surface area contributed by atoms with Gasteiger partial charge in [-0.2, -0.15) is 10.2 Å². The first-order valence-corrected chi connectivity index (χ1v) is 10.2. The summed E-state index contributed by atoms with van der Waals surface area (Å²) in [4.78, 5) is 36.0. The molecule has 0 aliphatic carbocycles. The number of piperidine rings is 1. The van der Waals surface area contributed by atoms with Crippen molar-refractivity contribution in [1.29, 1.82) is 5.26 Å². The number of fused-ring (bicyclic) bond motifs is 1. The van der Waals surface area contributed by atoms with Crippen LogP contribution < -0.4 is 15.8 Å². The SMILES string of the molecule is CCC1CCCCN1c1nc2c(c(=O)[nH]1)C(c1cccs1)C(C#N)C(=O)N2. The molecule has 1 fully saturated rings. The fraction of sp³-hybridized carbons (Fsp3) is 0.474. The van der Waals surface area contributed by atoms with E-state index in [4.69, 9.17) is 0 Å². The first kappa shape index (κ1) is 17.7. The summed E-state index contributed by atoms with van der Waals surface area (Å²) in [5.74, 6) is -1.15. The largest absolute Gasteiger partial charge is 0.339 e. The third-order valence-corrected chi connectivity index (χ3v) is 6.43. The van der Waals surface area contributed by atoms with Crippen LogP contribution in [-0.4, -0.2) is 28.5 Å². The zero-order valence-electron chi connectivity index (χ0n) is 15.1. The van der Waals surface area contributed by atoms with Gasteiger partial charge >= 0.3 is 0 Å². The number of carbonyl (C=O) groups is 1. The molecule has 0 radical (unpaired) electrons. The maximum Gasteiger partial charge on any atom is 0.258 e. The van der Waals surface area contributed by atoms with Crippen molar-refractivity contribution in [2.45, 2.75) is 44.6 Å². The van der Waals surface area contributed by atoms with Crippen molar-refractivity contribution in [2.75, 3.05) is 16.8 Å². The minimum atomic E-state index is -0.941. The molecule has 140 valence electrons. The molecular weight excluding hydrogens is 362 g/mol. The van der Waals surface area contributed by atoms with Crippen molar-refractivity contribution >= 4 is 29.0 Å². The summed E-state index contributed by atoms with van der Waals surface area (Å²) in [5, 5.41) is 14.1. The number of amides is 1. The zero-order valence-corrected chi connectivity index (χ0v) is 15.9. The number of carbonyl (C=O) groups excluding carboxylic acids is 1. The topological polar surface area (TPSA) is 102 Å². The molecular formula is C19H21N5O2S. The van der Waals surface area contributed by atoms with E-state index in [1.807, 2.05) is 17.5 Å². The Hall–Kier alpha value is -2.66. The number of rotatable bonds is 3. The first-order valence-electron chi connectivity index (χ1n) is 9.28. The quantitative estimate of drug-likeness (QED) is 0.848. The zero-order chi connectivity index (χ0) is 19.0. The molecule has 7 nitrogen and oxygen atoms in total. The summed E-state index contributed by atoms with van der Waals surface area (Å²) in [5.41, 5.74) is 0.0893. The highest BCUT2D eigenvalue weighted by atomic mass is 32.1. The highest BCUT2D eigenvalue weighted by molar-refractivity contribution is 7.10. The molecule has 4 heterocycles. The van der Waals surface area contributed by atoms with Gasteiger partial charge < -0.3 is 10.2 Å². The van der Waals surface area contributed by atoms with Crippen molar-refractivity contribution in [2.24, 2.45) is 5.92 Å². The van der Waals surface area contributed by atoms with E-state index >= 15 is 0 Å². The van der Waals surface area contributed by atoms with Gasteiger partial charge in [-0.25, -0.2) is 0 Å². The molecule has 1 amide bonds. The summed E-state index contributed by atoms with van der Waals surface area (Å²) >= 11 is 1.44. The van der Waals surface area contributed by atoms with Gasteiger partial charge in [0.2, 0.25) is 11.9 Å². The second kappa shape index (κ2) is 7.16. The average molecular weight is 383 g/mol. The fourth-order valence-corrected chi connectivity index (χ4v) is 4.99. The van der Waals surface area contributed by atoms with Gasteiger partial charge in [0.15, 0.2) is 0 Å². The van der Waals surface area contributed by atoms with Gasteiger partial charge in [-0.05, 0) is 37.1 Å². The number of nitriles is 1. The van der Waals surface area contributed by atoms with Crippen LogP contribution in [0.25, 0.3) is 0 Å². The van der Waals surface area contributed by atoms with Crippen LogP contribution in [0.15, 0.2) is 22.3 Å². The molecule has 2 aromatic rings. The van der Waals surface area contributed by atoms with Gasteiger partial charge in [0.1, 0.15) is 11.7 Å². The van der Waals surface area contributed by atoms with Crippen LogP contribution in [0.5, 0.6) is 0 Å². The molecule has 2 aromatic heterocycles. The molecule has 0 bridgehead atoms. The molecule has 27 heavy (non-hydrogen) atoms. The second-order valence-corrected chi connectivity index (χ2v) is 7.97. The summed E-state index contributed by atoms with van der Waals surface area (Å²) < 4.78 is 0. The lowest BCUT2D eigenvalue weighted by Crippen LogP contribution is -2.43. The van der Waals surface area contributed by atoms with Crippen molar-refractivity contribution < 1.29 is 4.79 Å². The molecule has 0 aromatic carbocycles.